The average Bonchev–Trinajstić information content (AvgIpc) is 2.99. The molecule has 7 heteroatoms. The van der Waals surface area contributed by atoms with Gasteiger partial charge in [0.2, 0.25) is 0 Å². The Morgan fingerprint density at radius 3 is 2.42 bits per heavy atom. The van der Waals surface area contributed by atoms with Crippen LogP contribution < -0.4 is 4.74 Å². The fraction of sp³-hybridized carbons (Fsp3) is 0.263. The molecule has 0 radical (unpaired) electrons. The van der Waals surface area contributed by atoms with Crippen molar-refractivity contribution >= 4 is 11.9 Å². The summed E-state index contributed by atoms with van der Waals surface area (Å²) in [5, 5.41) is 9.16. The summed E-state index contributed by atoms with van der Waals surface area (Å²) < 4.78 is 31.9. The van der Waals surface area contributed by atoms with Gasteiger partial charge in [0.15, 0.2) is 11.6 Å². The first-order valence-electron chi connectivity index (χ1n) is 8.13. The van der Waals surface area contributed by atoms with E-state index in [2.05, 4.69) is 0 Å². The summed E-state index contributed by atoms with van der Waals surface area (Å²) in [6.45, 7) is 2.11. The maximum absolute atomic E-state index is 13.6. The Kier molecular flexibility index (Phi) is 4.88. The molecule has 1 saturated heterocycles. The van der Waals surface area contributed by atoms with E-state index in [9.17, 15) is 18.4 Å². The van der Waals surface area contributed by atoms with Crippen LogP contribution in [0.15, 0.2) is 42.5 Å². The molecule has 2 atom stereocenters. The molecule has 0 aromatic heterocycles. The predicted molar refractivity (Wildman–Crippen MR) is 89.1 cm³/mol. The van der Waals surface area contributed by atoms with Gasteiger partial charge in [-0.25, -0.2) is 8.78 Å². The normalized spacial score (nSPS) is 19.4. The number of carboxylic acids is 1. The second kappa shape index (κ2) is 7.11. The fourth-order valence-electron chi connectivity index (χ4n) is 3.07. The van der Waals surface area contributed by atoms with Crippen LogP contribution in [0.1, 0.15) is 23.7 Å². The molecule has 5 nitrogen and oxygen atoms in total. The van der Waals surface area contributed by atoms with Gasteiger partial charge in [-0.15, -0.1) is 0 Å². The van der Waals surface area contributed by atoms with E-state index in [-0.39, 0.29) is 17.7 Å². The number of carbonyl (C=O) groups excluding carboxylic acids is 1. The molecule has 26 heavy (non-hydrogen) atoms. The summed E-state index contributed by atoms with van der Waals surface area (Å²) in [7, 11) is 0. The van der Waals surface area contributed by atoms with Gasteiger partial charge >= 0.3 is 5.97 Å². The summed E-state index contributed by atoms with van der Waals surface area (Å²) in [5.41, 5.74) is 0.384. The highest BCUT2D eigenvalue weighted by molar-refractivity contribution is 5.95. The number of carboxylic acid groups (broad SMARTS) is 1. The molecule has 1 heterocycles. The number of amides is 1. The lowest BCUT2D eigenvalue weighted by molar-refractivity contribution is -0.142. The molecule has 2 aromatic carbocycles. The lowest BCUT2D eigenvalue weighted by Crippen LogP contribution is -2.37. The van der Waals surface area contributed by atoms with E-state index >= 15 is 0 Å². The van der Waals surface area contributed by atoms with Gasteiger partial charge in [0, 0.05) is 24.2 Å². The SMILES string of the molecule is CC1C(C(=O)O)CCN1C(=O)c1ccc(Oc2ccc(F)cc2F)cc1. The fourth-order valence-corrected chi connectivity index (χ4v) is 3.07. The van der Waals surface area contributed by atoms with E-state index in [4.69, 9.17) is 9.84 Å². The molecule has 2 aromatic rings. The molecule has 1 aliphatic heterocycles. The topological polar surface area (TPSA) is 66.8 Å². The van der Waals surface area contributed by atoms with Crippen molar-refractivity contribution in [3.8, 4) is 11.5 Å². The number of hydrogen-bond acceptors (Lipinski definition) is 3. The Morgan fingerprint density at radius 1 is 1.15 bits per heavy atom. The first kappa shape index (κ1) is 17.8. The Labute approximate surface area is 148 Å². The summed E-state index contributed by atoms with van der Waals surface area (Å²) in [6, 6.07) is 8.67. The predicted octanol–water partition coefficient (Wildman–Crippen LogP) is 3.69. The first-order chi connectivity index (χ1) is 12.4. The van der Waals surface area contributed by atoms with Gasteiger partial charge in [0.1, 0.15) is 11.6 Å². The molecule has 0 saturated carbocycles. The van der Waals surface area contributed by atoms with E-state index in [1.807, 2.05) is 0 Å². The van der Waals surface area contributed by atoms with Crippen LogP contribution in [0, 0.1) is 17.6 Å². The largest absolute Gasteiger partial charge is 0.481 e. The Hall–Kier alpha value is -2.96. The van der Waals surface area contributed by atoms with E-state index in [0.717, 1.165) is 12.1 Å². The lowest BCUT2D eigenvalue weighted by atomic mass is 10.0. The van der Waals surface area contributed by atoms with Crippen LogP contribution in [0.3, 0.4) is 0 Å². The van der Waals surface area contributed by atoms with Crippen molar-refractivity contribution in [2.24, 2.45) is 5.92 Å². The number of carbonyl (C=O) groups is 2. The number of likely N-dealkylation sites (tertiary alicyclic amines) is 1. The second-order valence-corrected chi connectivity index (χ2v) is 6.17. The minimum absolute atomic E-state index is 0.122. The van der Waals surface area contributed by atoms with Crippen LogP contribution in [0.4, 0.5) is 8.78 Å². The molecule has 3 rings (SSSR count). The van der Waals surface area contributed by atoms with Gasteiger partial charge in [0.05, 0.1) is 5.92 Å². The van der Waals surface area contributed by atoms with Crippen LogP contribution in [-0.4, -0.2) is 34.5 Å². The number of nitrogens with zero attached hydrogens (tertiary/aromatic N) is 1. The Bertz CT molecular complexity index is 838. The molecule has 0 aliphatic carbocycles. The van der Waals surface area contributed by atoms with Crippen LogP contribution in [0.25, 0.3) is 0 Å². The zero-order valence-corrected chi connectivity index (χ0v) is 14.0. The lowest BCUT2D eigenvalue weighted by Gasteiger charge is -2.23. The van der Waals surface area contributed by atoms with Gasteiger partial charge in [0.25, 0.3) is 5.91 Å². The highest BCUT2D eigenvalue weighted by Crippen LogP contribution is 2.28. The van der Waals surface area contributed by atoms with Gasteiger partial charge in [-0.05, 0) is 49.7 Å². The van der Waals surface area contributed by atoms with Crippen molar-refractivity contribution in [1.82, 2.24) is 4.90 Å². The highest BCUT2D eigenvalue weighted by atomic mass is 19.1. The Balaban J connectivity index is 1.71. The summed E-state index contributed by atoms with van der Waals surface area (Å²) in [4.78, 5) is 25.3. The number of aliphatic carboxylic acids is 1. The summed E-state index contributed by atoms with van der Waals surface area (Å²) >= 11 is 0. The van der Waals surface area contributed by atoms with Crippen molar-refractivity contribution in [2.75, 3.05) is 6.54 Å². The van der Waals surface area contributed by atoms with Crippen molar-refractivity contribution in [2.45, 2.75) is 19.4 Å². The van der Waals surface area contributed by atoms with E-state index in [1.165, 1.54) is 35.2 Å². The van der Waals surface area contributed by atoms with Crippen molar-refractivity contribution < 1.29 is 28.2 Å². The molecule has 1 amide bonds. The maximum Gasteiger partial charge on any atom is 0.308 e. The van der Waals surface area contributed by atoms with Crippen LogP contribution >= 0.6 is 0 Å². The van der Waals surface area contributed by atoms with Gasteiger partial charge < -0.3 is 14.7 Å². The van der Waals surface area contributed by atoms with Crippen LogP contribution in [0.2, 0.25) is 0 Å². The van der Waals surface area contributed by atoms with Crippen molar-refractivity contribution in [3.63, 3.8) is 0 Å². The number of rotatable bonds is 4. The first-order valence-corrected chi connectivity index (χ1v) is 8.13. The second-order valence-electron chi connectivity index (χ2n) is 6.17. The summed E-state index contributed by atoms with van der Waals surface area (Å²) in [6.07, 6.45) is 0.424. The smallest absolute Gasteiger partial charge is 0.308 e. The van der Waals surface area contributed by atoms with E-state index in [0.29, 0.717) is 24.3 Å². The van der Waals surface area contributed by atoms with E-state index < -0.39 is 23.5 Å². The molecule has 1 fully saturated rings. The van der Waals surface area contributed by atoms with Gasteiger partial charge in [-0.3, -0.25) is 9.59 Å². The molecule has 2 unspecified atom stereocenters. The molecular formula is C19H17F2NO4. The molecular weight excluding hydrogens is 344 g/mol. The standard InChI is InChI=1S/C19H17F2NO4/c1-11-15(19(24)25)8-9-22(11)18(23)12-2-5-14(6-3-12)26-17-7-4-13(20)10-16(17)21/h2-7,10-11,15H,8-9H2,1H3,(H,24,25). The molecule has 1 aliphatic rings. The zero-order valence-electron chi connectivity index (χ0n) is 14.0. The third kappa shape index (κ3) is 3.51. The summed E-state index contributed by atoms with van der Waals surface area (Å²) in [5.74, 6) is -3.08. The Morgan fingerprint density at radius 2 is 1.85 bits per heavy atom. The van der Waals surface area contributed by atoms with Crippen LogP contribution in [0.5, 0.6) is 11.5 Å². The number of benzene rings is 2. The number of hydrogen-bond donors (Lipinski definition) is 1. The maximum atomic E-state index is 13.6. The quantitative estimate of drug-likeness (QED) is 0.902. The monoisotopic (exact) mass is 361 g/mol. The third-order valence-corrected chi connectivity index (χ3v) is 4.56. The highest BCUT2D eigenvalue weighted by Gasteiger charge is 2.38. The average molecular weight is 361 g/mol. The van der Waals surface area contributed by atoms with Crippen LogP contribution in [-0.2, 0) is 4.79 Å². The van der Waals surface area contributed by atoms with E-state index in [1.54, 1.807) is 6.92 Å². The molecule has 136 valence electrons. The number of ether oxygens (including phenoxy) is 1. The molecule has 1 N–H and O–H groups in total. The van der Waals surface area contributed by atoms with Gasteiger partial charge in [-0.1, -0.05) is 0 Å². The van der Waals surface area contributed by atoms with Crippen molar-refractivity contribution in [3.05, 3.63) is 59.7 Å². The zero-order chi connectivity index (χ0) is 18.8. The minimum Gasteiger partial charge on any atom is -0.481 e. The van der Waals surface area contributed by atoms with Gasteiger partial charge in [-0.2, -0.15) is 0 Å². The molecule has 0 spiro atoms. The number of halogens is 2. The molecule has 0 bridgehead atoms. The minimum atomic E-state index is -0.905. The third-order valence-electron chi connectivity index (χ3n) is 4.56. The van der Waals surface area contributed by atoms with Crippen molar-refractivity contribution in [1.29, 1.82) is 0 Å².